The minimum Gasteiger partial charge on any atom is -0.388 e. The first-order valence-corrected chi connectivity index (χ1v) is 4.55. The van der Waals surface area contributed by atoms with Gasteiger partial charge in [0.2, 0.25) is 0 Å². The molecule has 0 radical (unpaired) electrons. The van der Waals surface area contributed by atoms with E-state index in [2.05, 4.69) is 5.32 Å². The van der Waals surface area contributed by atoms with E-state index >= 15 is 0 Å². The third-order valence-electron chi connectivity index (χ3n) is 1.87. The molecule has 0 saturated heterocycles. The highest BCUT2D eigenvalue weighted by Crippen LogP contribution is 2.21. The van der Waals surface area contributed by atoms with Gasteiger partial charge in [0, 0.05) is 24.2 Å². The highest BCUT2D eigenvalue weighted by atomic mass is 35.5. The molecule has 1 rings (SSSR count). The molecule has 70 valence electrons. The maximum absolute atomic E-state index is 10.2. The first-order chi connectivity index (χ1) is 6.27. The molecular weight excluding hydrogens is 186 g/mol. The fourth-order valence-corrected chi connectivity index (χ4v) is 1.42. The van der Waals surface area contributed by atoms with E-state index in [0.717, 1.165) is 24.0 Å². The van der Waals surface area contributed by atoms with Crippen LogP contribution in [0.3, 0.4) is 0 Å². The lowest BCUT2D eigenvalue weighted by atomic mass is 10.1. The molecule has 0 aliphatic carbocycles. The number of aldehydes is 1. The molecule has 0 heterocycles. The Morgan fingerprint density at radius 1 is 1.54 bits per heavy atom. The second kappa shape index (κ2) is 4.87. The van der Waals surface area contributed by atoms with E-state index in [0.29, 0.717) is 11.4 Å². The normalized spacial score (nSPS) is 9.69. The van der Waals surface area contributed by atoms with Crippen molar-refractivity contribution in [2.75, 3.05) is 12.4 Å². The summed E-state index contributed by atoms with van der Waals surface area (Å²) in [4.78, 5) is 10.2. The number of hydrogen-bond donors (Lipinski definition) is 1. The molecule has 0 bridgehead atoms. The fraction of sp³-hybridized carbons (Fsp3) is 0.300. The lowest BCUT2D eigenvalue weighted by Gasteiger charge is -2.07. The lowest BCUT2D eigenvalue weighted by molar-refractivity contribution is -0.107. The molecule has 0 amide bonds. The molecular formula is C10H12ClNO. The molecule has 2 nitrogen and oxygen atoms in total. The van der Waals surface area contributed by atoms with E-state index in [4.69, 9.17) is 11.6 Å². The third kappa shape index (κ3) is 2.74. The molecule has 0 spiro atoms. The summed E-state index contributed by atoms with van der Waals surface area (Å²) < 4.78 is 0. The molecule has 0 aromatic heterocycles. The minimum absolute atomic E-state index is 0.537. The van der Waals surface area contributed by atoms with Crippen LogP contribution in [0.4, 0.5) is 5.69 Å². The van der Waals surface area contributed by atoms with Gasteiger partial charge in [-0.2, -0.15) is 0 Å². The zero-order valence-electron chi connectivity index (χ0n) is 7.51. The van der Waals surface area contributed by atoms with Crippen LogP contribution in [0.15, 0.2) is 18.2 Å². The molecule has 3 heteroatoms. The van der Waals surface area contributed by atoms with Gasteiger partial charge in [0.1, 0.15) is 6.29 Å². The number of carbonyl (C=O) groups excluding carboxylic acids is 1. The zero-order valence-corrected chi connectivity index (χ0v) is 8.27. The first-order valence-electron chi connectivity index (χ1n) is 4.17. The molecule has 1 N–H and O–H groups in total. The van der Waals surface area contributed by atoms with E-state index in [1.165, 1.54) is 0 Å². The van der Waals surface area contributed by atoms with Crippen molar-refractivity contribution in [1.29, 1.82) is 0 Å². The maximum Gasteiger partial charge on any atom is 0.120 e. The summed E-state index contributed by atoms with van der Waals surface area (Å²) in [5.74, 6) is 0. The standard InChI is InChI=1S/C10H12ClNO/c1-12-10-5-4-9(11)7-8(10)3-2-6-13/h4-7,12H,2-3H2,1H3. The number of anilines is 1. The predicted molar refractivity (Wildman–Crippen MR) is 55.4 cm³/mol. The molecule has 0 unspecified atom stereocenters. The van der Waals surface area contributed by atoms with Crippen LogP contribution >= 0.6 is 11.6 Å². The van der Waals surface area contributed by atoms with Crippen LogP contribution in [0.1, 0.15) is 12.0 Å². The maximum atomic E-state index is 10.2. The summed E-state index contributed by atoms with van der Waals surface area (Å²) in [6, 6.07) is 5.64. The van der Waals surface area contributed by atoms with Gasteiger partial charge < -0.3 is 10.1 Å². The second-order valence-electron chi connectivity index (χ2n) is 2.76. The van der Waals surface area contributed by atoms with Crippen molar-refractivity contribution in [2.24, 2.45) is 0 Å². The molecule has 0 aliphatic rings. The summed E-state index contributed by atoms with van der Waals surface area (Å²) in [6.45, 7) is 0. The molecule has 0 saturated carbocycles. The van der Waals surface area contributed by atoms with E-state index < -0.39 is 0 Å². The predicted octanol–water partition coefficient (Wildman–Crippen LogP) is 2.51. The highest BCUT2D eigenvalue weighted by molar-refractivity contribution is 6.30. The van der Waals surface area contributed by atoms with Crippen LogP contribution in [0.5, 0.6) is 0 Å². The zero-order chi connectivity index (χ0) is 9.68. The average Bonchev–Trinajstić information content (AvgIpc) is 2.15. The van der Waals surface area contributed by atoms with Crippen molar-refractivity contribution < 1.29 is 4.79 Å². The van der Waals surface area contributed by atoms with Crippen molar-refractivity contribution >= 4 is 23.6 Å². The average molecular weight is 198 g/mol. The smallest absolute Gasteiger partial charge is 0.120 e. The fourth-order valence-electron chi connectivity index (χ4n) is 1.23. The number of benzene rings is 1. The van der Waals surface area contributed by atoms with Gasteiger partial charge in [-0.3, -0.25) is 0 Å². The second-order valence-corrected chi connectivity index (χ2v) is 3.19. The van der Waals surface area contributed by atoms with Crippen LogP contribution < -0.4 is 5.32 Å². The number of aryl methyl sites for hydroxylation is 1. The number of carbonyl (C=O) groups is 1. The molecule has 0 atom stereocenters. The lowest BCUT2D eigenvalue weighted by Crippen LogP contribution is -1.95. The Hall–Kier alpha value is -1.02. The van der Waals surface area contributed by atoms with Crippen molar-refractivity contribution in [2.45, 2.75) is 12.8 Å². The Morgan fingerprint density at radius 2 is 2.31 bits per heavy atom. The SMILES string of the molecule is CNc1ccc(Cl)cc1CCC=O. The number of halogens is 1. The monoisotopic (exact) mass is 197 g/mol. The van der Waals surface area contributed by atoms with Gasteiger partial charge in [-0.1, -0.05) is 11.6 Å². The summed E-state index contributed by atoms with van der Waals surface area (Å²) in [5, 5.41) is 3.77. The first kappa shape index (κ1) is 10.1. The Kier molecular flexibility index (Phi) is 3.77. The van der Waals surface area contributed by atoms with Gasteiger partial charge in [0.25, 0.3) is 0 Å². The largest absolute Gasteiger partial charge is 0.388 e. The van der Waals surface area contributed by atoms with Gasteiger partial charge >= 0.3 is 0 Å². The van der Waals surface area contributed by atoms with Crippen LogP contribution in [0.25, 0.3) is 0 Å². The summed E-state index contributed by atoms with van der Waals surface area (Å²) in [7, 11) is 1.85. The van der Waals surface area contributed by atoms with E-state index in [-0.39, 0.29) is 0 Å². The van der Waals surface area contributed by atoms with Gasteiger partial charge in [-0.25, -0.2) is 0 Å². The Morgan fingerprint density at radius 3 is 2.92 bits per heavy atom. The van der Waals surface area contributed by atoms with Gasteiger partial charge in [-0.05, 0) is 30.2 Å². The topological polar surface area (TPSA) is 29.1 Å². The summed E-state index contributed by atoms with van der Waals surface area (Å²) >= 11 is 5.84. The highest BCUT2D eigenvalue weighted by Gasteiger charge is 2.00. The van der Waals surface area contributed by atoms with Crippen LogP contribution in [-0.2, 0) is 11.2 Å². The van der Waals surface area contributed by atoms with Crippen molar-refractivity contribution in [3.63, 3.8) is 0 Å². The van der Waals surface area contributed by atoms with Crippen LogP contribution in [-0.4, -0.2) is 13.3 Å². The van der Waals surface area contributed by atoms with E-state index in [9.17, 15) is 4.79 Å². The summed E-state index contributed by atoms with van der Waals surface area (Å²) in [6.07, 6.45) is 2.19. The van der Waals surface area contributed by atoms with Crippen LogP contribution in [0, 0.1) is 0 Å². The Balaban J connectivity index is 2.87. The summed E-state index contributed by atoms with van der Waals surface area (Å²) in [5.41, 5.74) is 2.12. The number of hydrogen-bond acceptors (Lipinski definition) is 2. The van der Waals surface area contributed by atoms with Crippen molar-refractivity contribution in [3.05, 3.63) is 28.8 Å². The number of nitrogens with one attached hydrogen (secondary N) is 1. The van der Waals surface area contributed by atoms with E-state index in [1.807, 2.05) is 25.2 Å². The van der Waals surface area contributed by atoms with Crippen molar-refractivity contribution in [1.82, 2.24) is 0 Å². The molecule has 13 heavy (non-hydrogen) atoms. The van der Waals surface area contributed by atoms with Crippen LogP contribution in [0.2, 0.25) is 5.02 Å². The molecule has 0 aliphatic heterocycles. The van der Waals surface area contributed by atoms with Gasteiger partial charge in [-0.15, -0.1) is 0 Å². The molecule has 1 aromatic carbocycles. The Labute approximate surface area is 82.9 Å². The van der Waals surface area contributed by atoms with Crippen molar-refractivity contribution in [3.8, 4) is 0 Å². The minimum atomic E-state index is 0.537. The van der Waals surface area contributed by atoms with E-state index in [1.54, 1.807) is 0 Å². The van der Waals surface area contributed by atoms with Gasteiger partial charge in [0.05, 0.1) is 0 Å². The quantitative estimate of drug-likeness (QED) is 0.752. The molecule has 0 fully saturated rings. The van der Waals surface area contributed by atoms with Gasteiger partial charge in [0.15, 0.2) is 0 Å². The number of rotatable bonds is 4. The Bertz CT molecular complexity index is 299. The molecule has 1 aromatic rings. The third-order valence-corrected chi connectivity index (χ3v) is 2.10.